The highest BCUT2D eigenvalue weighted by molar-refractivity contribution is 7.07. The van der Waals surface area contributed by atoms with Crippen LogP contribution in [-0.4, -0.2) is 0 Å². The van der Waals surface area contributed by atoms with E-state index in [-0.39, 0.29) is 0 Å². The van der Waals surface area contributed by atoms with E-state index < -0.39 is 0 Å². The lowest BCUT2D eigenvalue weighted by Crippen LogP contribution is -1.91. The number of hydrogen-bond acceptors (Lipinski definition) is 1. The first-order valence-electron chi connectivity index (χ1n) is 6.43. The molecule has 1 aliphatic rings. The average molecular weight is 276 g/mol. The van der Waals surface area contributed by atoms with Gasteiger partial charge in [0.25, 0.3) is 0 Å². The maximum atomic E-state index is 4.00. The highest BCUT2D eigenvalue weighted by Crippen LogP contribution is 2.27. The van der Waals surface area contributed by atoms with Crippen molar-refractivity contribution in [3.8, 4) is 12.8 Å². The number of rotatable bonds is 0. The Hall–Kier alpha value is -2.30. The van der Waals surface area contributed by atoms with Crippen LogP contribution in [0, 0.1) is 12.8 Å². The topological polar surface area (TPSA) is 0 Å². The van der Waals surface area contributed by atoms with Gasteiger partial charge in [-0.25, -0.2) is 0 Å². The van der Waals surface area contributed by atoms with Crippen LogP contribution in [0.25, 0.3) is 16.8 Å². The monoisotopic (exact) mass is 276 g/mol. The van der Waals surface area contributed by atoms with Crippen LogP contribution in [0.3, 0.4) is 0 Å². The Morgan fingerprint density at radius 1 is 0.850 bits per heavy atom. The maximum absolute atomic E-state index is 4.00. The van der Waals surface area contributed by atoms with Crippen molar-refractivity contribution in [1.29, 1.82) is 0 Å². The Labute approximate surface area is 124 Å². The van der Waals surface area contributed by atoms with E-state index in [4.69, 9.17) is 0 Å². The van der Waals surface area contributed by atoms with Crippen molar-refractivity contribution in [2.24, 2.45) is 0 Å². The summed E-state index contributed by atoms with van der Waals surface area (Å²) in [6.45, 7) is 0. The average Bonchev–Trinajstić information content (AvgIpc) is 3.10. The molecular formula is C19H16S. The van der Waals surface area contributed by atoms with Gasteiger partial charge in [-0.3, -0.25) is 0 Å². The molecule has 0 saturated carbocycles. The molecule has 0 bridgehead atoms. The van der Waals surface area contributed by atoms with Gasteiger partial charge in [-0.2, -0.15) is 11.3 Å². The summed E-state index contributed by atoms with van der Waals surface area (Å²) in [7, 11) is 0. The SMILES string of the molecule is C#C.C1=Cc2cccc3cccc(c23)C1.c1ccsc1. The maximum Gasteiger partial charge on any atom is -0.00763 e. The van der Waals surface area contributed by atoms with Gasteiger partial charge in [0.05, 0.1) is 0 Å². The Morgan fingerprint density at radius 2 is 1.55 bits per heavy atom. The molecule has 0 aliphatic heterocycles. The first-order valence-corrected chi connectivity index (χ1v) is 7.37. The predicted octanol–water partition coefficient (Wildman–Crippen LogP) is 5.41. The normalized spacial score (nSPS) is 10.9. The van der Waals surface area contributed by atoms with Crippen LogP contribution in [0.2, 0.25) is 0 Å². The molecule has 0 amide bonds. The van der Waals surface area contributed by atoms with Crippen molar-refractivity contribution in [3.63, 3.8) is 0 Å². The minimum atomic E-state index is 1.08. The van der Waals surface area contributed by atoms with Crippen LogP contribution in [-0.2, 0) is 6.42 Å². The van der Waals surface area contributed by atoms with Crippen LogP contribution in [0.15, 0.2) is 65.4 Å². The summed E-state index contributed by atoms with van der Waals surface area (Å²) in [4.78, 5) is 0. The molecule has 98 valence electrons. The molecule has 0 nitrogen and oxygen atoms in total. The van der Waals surface area contributed by atoms with E-state index in [0.29, 0.717) is 0 Å². The van der Waals surface area contributed by atoms with E-state index in [9.17, 15) is 0 Å². The smallest absolute Gasteiger partial charge is 0.00763 e. The van der Waals surface area contributed by atoms with Gasteiger partial charge in [0, 0.05) is 0 Å². The summed E-state index contributed by atoms with van der Waals surface area (Å²) >= 11 is 1.71. The Kier molecular flexibility index (Phi) is 5.17. The molecule has 0 unspecified atom stereocenters. The fourth-order valence-electron chi connectivity index (χ4n) is 2.30. The molecule has 4 rings (SSSR count). The molecule has 0 spiro atoms. The molecule has 1 aromatic heterocycles. The first kappa shape index (κ1) is 14.1. The molecule has 0 fully saturated rings. The lowest BCUT2D eigenvalue weighted by molar-refractivity contribution is 1.29. The van der Waals surface area contributed by atoms with Gasteiger partial charge in [-0.1, -0.05) is 60.7 Å². The van der Waals surface area contributed by atoms with Crippen molar-refractivity contribution in [1.82, 2.24) is 0 Å². The fraction of sp³-hybridized carbons (Fsp3) is 0.0526. The quantitative estimate of drug-likeness (QED) is 0.482. The van der Waals surface area contributed by atoms with E-state index >= 15 is 0 Å². The zero-order chi connectivity index (χ0) is 14.2. The Morgan fingerprint density at radius 3 is 2.20 bits per heavy atom. The van der Waals surface area contributed by atoms with E-state index in [2.05, 4.69) is 61.4 Å². The van der Waals surface area contributed by atoms with Gasteiger partial charge in [0.2, 0.25) is 0 Å². The predicted molar refractivity (Wildman–Crippen MR) is 90.9 cm³/mol. The molecule has 2 aromatic carbocycles. The molecule has 0 atom stereocenters. The third-order valence-electron chi connectivity index (χ3n) is 3.08. The minimum absolute atomic E-state index is 1.08. The molecule has 1 heterocycles. The molecule has 3 aromatic rings. The van der Waals surface area contributed by atoms with Crippen molar-refractivity contribution < 1.29 is 0 Å². The lowest BCUT2D eigenvalue weighted by Gasteiger charge is -2.11. The molecule has 1 heteroatoms. The summed E-state index contributed by atoms with van der Waals surface area (Å²) in [5.74, 6) is 0. The number of terminal acetylenes is 1. The van der Waals surface area contributed by atoms with Crippen LogP contribution >= 0.6 is 11.3 Å². The van der Waals surface area contributed by atoms with Crippen molar-refractivity contribution in [2.45, 2.75) is 6.42 Å². The van der Waals surface area contributed by atoms with Gasteiger partial charge in [0.15, 0.2) is 0 Å². The number of benzene rings is 2. The van der Waals surface area contributed by atoms with Crippen LogP contribution in [0.1, 0.15) is 11.1 Å². The van der Waals surface area contributed by atoms with Crippen molar-refractivity contribution in [2.75, 3.05) is 0 Å². The van der Waals surface area contributed by atoms with Crippen molar-refractivity contribution >= 4 is 28.2 Å². The van der Waals surface area contributed by atoms with Crippen LogP contribution in [0.5, 0.6) is 0 Å². The highest BCUT2D eigenvalue weighted by atomic mass is 32.1. The zero-order valence-electron chi connectivity index (χ0n) is 11.2. The molecule has 0 radical (unpaired) electrons. The second-order valence-corrected chi connectivity index (χ2v) is 5.08. The Bertz CT molecular complexity index is 680. The number of hydrogen-bond donors (Lipinski definition) is 0. The van der Waals surface area contributed by atoms with Crippen LogP contribution < -0.4 is 0 Å². The van der Waals surface area contributed by atoms with E-state index in [0.717, 1.165) is 6.42 Å². The van der Waals surface area contributed by atoms with Crippen LogP contribution in [0.4, 0.5) is 0 Å². The molecule has 0 saturated heterocycles. The molecular weight excluding hydrogens is 260 g/mol. The second-order valence-electron chi connectivity index (χ2n) is 4.26. The van der Waals surface area contributed by atoms with E-state index in [1.54, 1.807) is 11.3 Å². The summed E-state index contributed by atoms with van der Waals surface area (Å²) in [6, 6.07) is 17.1. The summed E-state index contributed by atoms with van der Waals surface area (Å²) in [5, 5.41) is 6.88. The standard InChI is InChI=1S/C13H10.C4H4S.C2H2/c1-4-10-6-2-8-12-9-3-7-11(5-1)13(10)12;1-2-4-5-3-1;1-2/h1-8H,9H2;1-4H;1-2H. The first-order chi connectivity index (χ1) is 9.95. The summed E-state index contributed by atoms with van der Waals surface area (Å²) in [6.07, 6.45) is 13.5. The number of allylic oxidation sites excluding steroid dienone is 1. The molecule has 20 heavy (non-hydrogen) atoms. The highest BCUT2D eigenvalue weighted by Gasteiger charge is 2.06. The van der Waals surface area contributed by atoms with Gasteiger partial charge in [-0.05, 0) is 39.1 Å². The summed E-state index contributed by atoms with van der Waals surface area (Å²) in [5.41, 5.74) is 2.81. The fourth-order valence-corrected chi connectivity index (χ4v) is 2.75. The largest absolute Gasteiger partial charge is 0.152 e. The van der Waals surface area contributed by atoms with E-state index in [1.165, 1.54) is 21.9 Å². The summed E-state index contributed by atoms with van der Waals surface area (Å²) < 4.78 is 0. The number of thiophene rings is 1. The molecule has 1 aliphatic carbocycles. The second kappa shape index (κ2) is 7.33. The van der Waals surface area contributed by atoms with Gasteiger partial charge in [-0.15, -0.1) is 12.8 Å². The zero-order valence-corrected chi connectivity index (χ0v) is 12.0. The van der Waals surface area contributed by atoms with Crippen molar-refractivity contribution in [3.05, 3.63) is 76.5 Å². The van der Waals surface area contributed by atoms with Gasteiger partial charge >= 0.3 is 0 Å². The van der Waals surface area contributed by atoms with E-state index in [1.807, 2.05) is 22.9 Å². The third-order valence-corrected chi connectivity index (χ3v) is 3.71. The van der Waals surface area contributed by atoms with Gasteiger partial charge in [0.1, 0.15) is 0 Å². The minimum Gasteiger partial charge on any atom is -0.152 e. The Balaban J connectivity index is 0.000000177. The lowest BCUT2D eigenvalue weighted by atomic mass is 9.93. The van der Waals surface area contributed by atoms with Gasteiger partial charge < -0.3 is 0 Å². The molecule has 0 N–H and O–H groups in total. The third kappa shape index (κ3) is 3.17.